The highest BCUT2D eigenvalue weighted by molar-refractivity contribution is 6.30. The van der Waals surface area contributed by atoms with E-state index >= 15 is 0 Å². The van der Waals surface area contributed by atoms with E-state index in [1.54, 1.807) is 16.8 Å². The van der Waals surface area contributed by atoms with Gasteiger partial charge in [-0.2, -0.15) is 10.1 Å². The molecule has 10 heteroatoms. The van der Waals surface area contributed by atoms with Crippen molar-refractivity contribution in [2.75, 3.05) is 13.1 Å². The van der Waals surface area contributed by atoms with Crippen molar-refractivity contribution in [3.63, 3.8) is 0 Å². The Kier molecular flexibility index (Phi) is 6.33. The Morgan fingerprint density at radius 3 is 3.04 bits per heavy atom. The van der Waals surface area contributed by atoms with E-state index in [0.717, 1.165) is 17.7 Å². The van der Waals surface area contributed by atoms with Gasteiger partial charge in [0.25, 0.3) is 0 Å². The maximum absolute atomic E-state index is 12.6. The molecule has 0 unspecified atom stereocenters. The van der Waals surface area contributed by atoms with Gasteiger partial charge in [-0.1, -0.05) is 28.9 Å². The summed E-state index contributed by atoms with van der Waals surface area (Å²) >= 11 is 5.99. The Morgan fingerprint density at radius 1 is 1.43 bits per heavy atom. The molecule has 2 aromatic heterocycles. The van der Waals surface area contributed by atoms with Crippen LogP contribution in [0, 0.1) is 5.92 Å². The Balaban J connectivity index is 0.00000225. The van der Waals surface area contributed by atoms with E-state index in [-0.39, 0.29) is 36.7 Å². The molecule has 148 valence electrons. The number of aromatic nitrogens is 4. The lowest BCUT2D eigenvalue weighted by Gasteiger charge is -2.16. The van der Waals surface area contributed by atoms with Gasteiger partial charge in [-0.25, -0.2) is 0 Å². The summed E-state index contributed by atoms with van der Waals surface area (Å²) in [5.74, 6) is 0.684. The molecule has 2 N–H and O–H groups in total. The summed E-state index contributed by atoms with van der Waals surface area (Å²) in [7, 11) is 1.87. The van der Waals surface area contributed by atoms with Gasteiger partial charge in [0, 0.05) is 42.8 Å². The zero-order valence-electron chi connectivity index (χ0n) is 15.1. The summed E-state index contributed by atoms with van der Waals surface area (Å²) in [5.41, 5.74) is 1.82. The SMILES string of the molecule is Cl.Cn1cc([C@H]2CNC[C@@H]2C(=O)NCc2nc(-c3cccc(Cl)c3)no2)cn1. The summed E-state index contributed by atoms with van der Waals surface area (Å²) in [6.45, 7) is 1.56. The fourth-order valence-corrected chi connectivity index (χ4v) is 3.49. The Labute approximate surface area is 173 Å². The number of carbonyl (C=O) groups is 1. The van der Waals surface area contributed by atoms with Gasteiger partial charge >= 0.3 is 0 Å². The van der Waals surface area contributed by atoms with Crippen molar-refractivity contribution in [2.45, 2.75) is 12.5 Å². The normalized spacial score (nSPS) is 18.6. The number of aryl methyl sites for hydroxylation is 1. The molecule has 1 amide bonds. The summed E-state index contributed by atoms with van der Waals surface area (Å²) in [6.07, 6.45) is 3.76. The molecule has 2 atom stereocenters. The van der Waals surface area contributed by atoms with Gasteiger partial charge in [0.15, 0.2) is 0 Å². The number of rotatable bonds is 5. The maximum atomic E-state index is 12.6. The molecule has 3 heterocycles. The largest absolute Gasteiger partial charge is 0.347 e. The molecule has 0 saturated carbocycles. The van der Waals surface area contributed by atoms with Crippen LogP contribution in [-0.4, -0.2) is 38.9 Å². The first kappa shape index (κ1) is 20.3. The number of hydrogen-bond acceptors (Lipinski definition) is 6. The quantitative estimate of drug-likeness (QED) is 0.653. The average molecular weight is 423 g/mol. The van der Waals surface area contributed by atoms with Crippen molar-refractivity contribution in [3.8, 4) is 11.4 Å². The van der Waals surface area contributed by atoms with Crippen LogP contribution in [0.25, 0.3) is 11.4 Å². The second kappa shape index (κ2) is 8.72. The fraction of sp³-hybridized carbons (Fsp3) is 0.333. The average Bonchev–Trinajstić information content (AvgIpc) is 3.39. The molecule has 28 heavy (non-hydrogen) atoms. The smallest absolute Gasteiger partial charge is 0.246 e. The number of nitrogens with zero attached hydrogens (tertiary/aromatic N) is 4. The Morgan fingerprint density at radius 2 is 2.29 bits per heavy atom. The number of benzene rings is 1. The molecule has 0 aliphatic carbocycles. The maximum Gasteiger partial charge on any atom is 0.246 e. The highest BCUT2D eigenvalue weighted by Crippen LogP contribution is 2.28. The van der Waals surface area contributed by atoms with Gasteiger partial charge in [0.2, 0.25) is 17.6 Å². The van der Waals surface area contributed by atoms with Gasteiger partial charge in [0.05, 0.1) is 18.7 Å². The van der Waals surface area contributed by atoms with Gasteiger partial charge in [-0.3, -0.25) is 9.48 Å². The fourth-order valence-electron chi connectivity index (χ4n) is 3.30. The molecule has 1 aliphatic heterocycles. The molecule has 1 aliphatic rings. The van der Waals surface area contributed by atoms with E-state index in [4.69, 9.17) is 16.1 Å². The minimum atomic E-state index is -0.162. The van der Waals surface area contributed by atoms with Gasteiger partial charge < -0.3 is 15.2 Å². The van der Waals surface area contributed by atoms with E-state index in [9.17, 15) is 4.79 Å². The van der Waals surface area contributed by atoms with Crippen LogP contribution in [0.5, 0.6) is 0 Å². The summed E-state index contributed by atoms with van der Waals surface area (Å²) in [5, 5.41) is 14.9. The van der Waals surface area contributed by atoms with Crippen molar-refractivity contribution < 1.29 is 9.32 Å². The van der Waals surface area contributed by atoms with Crippen LogP contribution in [0.4, 0.5) is 0 Å². The summed E-state index contributed by atoms with van der Waals surface area (Å²) in [6, 6.07) is 7.21. The van der Waals surface area contributed by atoms with Crippen molar-refractivity contribution in [3.05, 3.63) is 53.1 Å². The molecule has 8 nitrogen and oxygen atoms in total. The lowest BCUT2D eigenvalue weighted by atomic mass is 9.90. The topological polar surface area (TPSA) is 97.9 Å². The number of amides is 1. The molecule has 1 fully saturated rings. The second-order valence-corrected chi connectivity index (χ2v) is 6.99. The van der Waals surface area contributed by atoms with Crippen molar-refractivity contribution >= 4 is 29.9 Å². The van der Waals surface area contributed by atoms with Crippen LogP contribution in [0.2, 0.25) is 5.02 Å². The summed E-state index contributed by atoms with van der Waals surface area (Å²) in [4.78, 5) is 17.0. The van der Waals surface area contributed by atoms with Gasteiger partial charge in [-0.05, 0) is 17.7 Å². The number of carbonyl (C=O) groups excluding carboxylic acids is 1. The van der Waals surface area contributed by atoms with Crippen LogP contribution >= 0.6 is 24.0 Å². The third kappa shape index (κ3) is 4.35. The minimum Gasteiger partial charge on any atom is -0.347 e. The highest BCUT2D eigenvalue weighted by Gasteiger charge is 2.34. The van der Waals surface area contributed by atoms with Crippen molar-refractivity contribution in [2.24, 2.45) is 13.0 Å². The van der Waals surface area contributed by atoms with E-state index in [1.165, 1.54) is 0 Å². The first-order valence-corrected chi connectivity index (χ1v) is 9.03. The zero-order valence-corrected chi connectivity index (χ0v) is 16.7. The van der Waals surface area contributed by atoms with E-state index in [2.05, 4.69) is 25.9 Å². The van der Waals surface area contributed by atoms with Crippen LogP contribution < -0.4 is 10.6 Å². The van der Waals surface area contributed by atoms with E-state index in [1.807, 2.05) is 31.6 Å². The number of nitrogens with one attached hydrogen (secondary N) is 2. The Hall–Kier alpha value is -2.42. The molecular formula is C18H20Cl2N6O2. The minimum absolute atomic E-state index is 0. The predicted molar refractivity (Wildman–Crippen MR) is 106 cm³/mol. The molecule has 0 bridgehead atoms. The van der Waals surface area contributed by atoms with E-state index in [0.29, 0.717) is 23.3 Å². The van der Waals surface area contributed by atoms with E-state index < -0.39 is 0 Å². The van der Waals surface area contributed by atoms with Crippen LogP contribution in [0.15, 0.2) is 41.2 Å². The number of hydrogen-bond donors (Lipinski definition) is 2. The zero-order chi connectivity index (χ0) is 18.8. The molecule has 4 rings (SSSR count). The molecular weight excluding hydrogens is 403 g/mol. The molecule has 0 radical (unpaired) electrons. The summed E-state index contributed by atoms with van der Waals surface area (Å²) < 4.78 is 6.99. The van der Waals surface area contributed by atoms with Crippen molar-refractivity contribution in [1.29, 1.82) is 0 Å². The molecule has 3 aromatic rings. The third-order valence-corrected chi connectivity index (χ3v) is 4.90. The highest BCUT2D eigenvalue weighted by atomic mass is 35.5. The standard InChI is InChI=1S/C18H19ClN6O2.ClH/c1-25-10-12(6-22-25)14-7-20-8-15(14)18(26)21-9-16-23-17(24-27-16)11-3-2-4-13(19)5-11;/h2-6,10,14-15,20H,7-9H2,1H3,(H,21,26);1H/t14-,15+;/m1./s1. The van der Waals surface area contributed by atoms with Gasteiger partial charge in [0.1, 0.15) is 0 Å². The van der Waals surface area contributed by atoms with Crippen molar-refractivity contribution in [1.82, 2.24) is 30.6 Å². The van der Waals surface area contributed by atoms with Crippen LogP contribution in [-0.2, 0) is 18.4 Å². The lowest BCUT2D eigenvalue weighted by Crippen LogP contribution is -2.34. The predicted octanol–water partition coefficient (Wildman–Crippen LogP) is 2.16. The van der Waals surface area contributed by atoms with Gasteiger partial charge in [-0.15, -0.1) is 12.4 Å². The molecule has 0 spiro atoms. The van der Waals surface area contributed by atoms with Crippen LogP contribution in [0.3, 0.4) is 0 Å². The lowest BCUT2D eigenvalue weighted by molar-refractivity contribution is -0.125. The third-order valence-electron chi connectivity index (χ3n) is 4.67. The molecule has 1 aromatic carbocycles. The second-order valence-electron chi connectivity index (χ2n) is 6.56. The molecule has 1 saturated heterocycles. The Bertz CT molecular complexity index is 957. The number of halogens is 2. The van der Waals surface area contributed by atoms with Crippen LogP contribution in [0.1, 0.15) is 17.4 Å². The monoisotopic (exact) mass is 422 g/mol. The first-order chi connectivity index (χ1) is 13.1. The first-order valence-electron chi connectivity index (χ1n) is 8.65.